The summed E-state index contributed by atoms with van der Waals surface area (Å²) in [5.41, 5.74) is 9.15. The summed E-state index contributed by atoms with van der Waals surface area (Å²) in [5, 5.41) is 10.1. The molecule has 3 N–H and O–H groups in total. The topological polar surface area (TPSA) is 96.3 Å². The van der Waals surface area contributed by atoms with Gasteiger partial charge in [0.1, 0.15) is 23.2 Å². The van der Waals surface area contributed by atoms with E-state index in [0.717, 1.165) is 30.9 Å². The second-order valence-corrected chi connectivity index (χ2v) is 4.95. The number of fused-ring (bicyclic) bond motifs is 2. The summed E-state index contributed by atoms with van der Waals surface area (Å²) in [6.45, 7) is 0.991. The first-order chi connectivity index (χ1) is 9.78. The molecule has 4 rings (SSSR count). The summed E-state index contributed by atoms with van der Waals surface area (Å²) in [4.78, 5) is 12.0. The SMILES string of the molecule is N#Cc1c(-c2cn3c(n2)CCC3)[nH]c2nccc(N)c12. The number of hydrogen-bond acceptors (Lipinski definition) is 4. The van der Waals surface area contributed by atoms with Gasteiger partial charge in [0.15, 0.2) is 0 Å². The van der Waals surface area contributed by atoms with Crippen molar-refractivity contribution in [3.63, 3.8) is 0 Å². The van der Waals surface area contributed by atoms with E-state index in [0.29, 0.717) is 28.0 Å². The van der Waals surface area contributed by atoms with Gasteiger partial charge in [0.05, 0.1) is 16.6 Å². The lowest BCUT2D eigenvalue weighted by atomic mass is 10.1. The highest BCUT2D eigenvalue weighted by atomic mass is 15.1. The van der Waals surface area contributed by atoms with E-state index in [4.69, 9.17) is 5.73 Å². The molecule has 1 aliphatic rings. The van der Waals surface area contributed by atoms with E-state index < -0.39 is 0 Å². The number of hydrogen-bond donors (Lipinski definition) is 2. The summed E-state index contributed by atoms with van der Waals surface area (Å²) >= 11 is 0. The Hall–Kier alpha value is -2.81. The highest BCUT2D eigenvalue weighted by molar-refractivity contribution is 5.98. The summed E-state index contributed by atoms with van der Waals surface area (Å²) in [6.07, 6.45) is 5.74. The molecule has 98 valence electrons. The van der Waals surface area contributed by atoms with Crippen LogP contribution >= 0.6 is 0 Å². The molecule has 0 unspecified atom stereocenters. The van der Waals surface area contributed by atoms with E-state index >= 15 is 0 Å². The van der Waals surface area contributed by atoms with Gasteiger partial charge < -0.3 is 15.3 Å². The summed E-state index contributed by atoms with van der Waals surface area (Å²) in [6, 6.07) is 3.92. The maximum absolute atomic E-state index is 9.45. The van der Waals surface area contributed by atoms with Crippen LogP contribution in [0.2, 0.25) is 0 Å². The molecule has 20 heavy (non-hydrogen) atoms. The Morgan fingerprint density at radius 2 is 2.35 bits per heavy atom. The Bertz CT molecular complexity index is 842. The number of aryl methyl sites for hydroxylation is 2. The Balaban J connectivity index is 2.00. The molecule has 0 radical (unpaired) electrons. The van der Waals surface area contributed by atoms with Crippen molar-refractivity contribution in [3.8, 4) is 17.5 Å². The number of pyridine rings is 1. The number of aromatic nitrogens is 4. The third-order valence-electron chi connectivity index (χ3n) is 3.75. The number of nitriles is 1. The summed E-state index contributed by atoms with van der Waals surface area (Å²) in [5.74, 6) is 1.07. The van der Waals surface area contributed by atoms with E-state index in [2.05, 4.69) is 25.6 Å². The number of nitrogens with one attached hydrogen (secondary N) is 1. The lowest BCUT2D eigenvalue weighted by Crippen LogP contribution is -1.88. The second-order valence-electron chi connectivity index (χ2n) is 4.95. The van der Waals surface area contributed by atoms with Crippen molar-refractivity contribution in [2.75, 3.05) is 5.73 Å². The Kier molecular flexibility index (Phi) is 2.12. The molecule has 0 spiro atoms. The van der Waals surface area contributed by atoms with Gasteiger partial charge in [0.25, 0.3) is 0 Å². The number of nitrogens with two attached hydrogens (primary N) is 1. The zero-order chi connectivity index (χ0) is 13.7. The molecule has 6 nitrogen and oxygen atoms in total. The van der Waals surface area contributed by atoms with Crippen molar-refractivity contribution < 1.29 is 0 Å². The van der Waals surface area contributed by atoms with Crippen molar-refractivity contribution in [2.45, 2.75) is 19.4 Å². The smallest absolute Gasteiger partial charge is 0.141 e. The Morgan fingerprint density at radius 3 is 3.15 bits per heavy atom. The van der Waals surface area contributed by atoms with Crippen LogP contribution < -0.4 is 5.73 Å². The Morgan fingerprint density at radius 1 is 1.45 bits per heavy atom. The molecule has 0 saturated heterocycles. The van der Waals surface area contributed by atoms with Gasteiger partial charge in [-0.2, -0.15) is 5.26 Å². The highest BCUT2D eigenvalue weighted by Gasteiger charge is 2.20. The van der Waals surface area contributed by atoms with Crippen LogP contribution in [0.5, 0.6) is 0 Å². The van der Waals surface area contributed by atoms with Crippen LogP contribution in [0.25, 0.3) is 22.4 Å². The normalized spacial score (nSPS) is 13.6. The molecule has 0 amide bonds. The molecule has 0 saturated carbocycles. The number of rotatable bonds is 1. The highest BCUT2D eigenvalue weighted by Crippen LogP contribution is 2.32. The molecule has 1 aliphatic heterocycles. The van der Waals surface area contributed by atoms with Crippen molar-refractivity contribution in [2.24, 2.45) is 0 Å². The minimum absolute atomic E-state index is 0.516. The molecule has 4 heterocycles. The first-order valence-corrected chi connectivity index (χ1v) is 6.50. The van der Waals surface area contributed by atoms with Gasteiger partial charge in [-0.15, -0.1) is 0 Å². The molecule has 6 heteroatoms. The maximum Gasteiger partial charge on any atom is 0.141 e. The fourth-order valence-electron chi connectivity index (χ4n) is 2.82. The number of anilines is 1. The van der Waals surface area contributed by atoms with E-state index in [-0.39, 0.29) is 0 Å². The van der Waals surface area contributed by atoms with Crippen LogP contribution in [0.15, 0.2) is 18.5 Å². The third kappa shape index (κ3) is 1.37. The predicted molar refractivity (Wildman–Crippen MR) is 74.8 cm³/mol. The minimum Gasteiger partial charge on any atom is -0.398 e. The summed E-state index contributed by atoms with van der Waals surface area (Å²) < 4.78 is 2.14. The Labute approximate surface area is 114 Å². The molecule has 0 aromatic carbocycles. The van der Waals surface area contributed by atoms with Gasteiger partial charge in [-0.05, 0) is 12.5 Å². The second kappa shape index (κ2) is 3.84. The average Bonchev–Trinajstić information content (AvgIpc) is 3.09. The lowest BCUT2D eigenvalue weighted by molar-refractivity contribution is 0.750. The van der Waals surface area contributed by atoms with E-state index in [9.17, 15) is 5.26 Å². The lowest BCUT2D eigenvalue weighted by Gasteiger charge is -1.95. The predicted octanol–water partition coefficient (Wildman–Crippen LogP) is 1.83. The van der Waals surface area contributed by atoms with Gasteiger partial charge in [0.2, 0.25) is 0 Å². The molecule has 0 fully saturated rings. The first kappa shape index (κ1) is 11.1. The number of aromatic amines is 1. The standard InChI is InChI=1S/C14H12N6/c15-6-8-12-9(16)3-4-17-14(12)19-13(8)10-7-20-5-1-2-11(20)18-10/h3-4,7H,1-2,5H2,(H3,16,17,19). The van der Waals surface area contributed by atoms with Crippen molar-refractivity contribution in [1.82, 2.24) is 19.5 Å². The van der Waals surface area contributed by atoms with Crippen molar-refractivity contribution in [1.29, 1.82) is 5.26 Å². The van der Waals surface area contributed by atoms with Gasteiger partial charge in [-0.25, -0.2) is 9.97 Å². The van der Waals surface area contributed by atoms with Gasteiger partial charge in [-0.1, -0.05) is 0 Å². The zero-order valence-electron chi connectivity index (χ0n) is 10.7. The van der Waals surface area contributed by atoms with Crippen LogP contribution in [0.1, 0.15) is 17.8 Å². The van der Waals surface area contributed by atoms with Crippen LogP contribution in [-0.4, -0.2) is 19.5 Å². The molecule has 0 aliphatic carbocycles. The average molecular weight is 264 g/mol. The van der Waals surface area contributed by atoms with Crippen LogP contribution in [0.3, 0.4) is 0 Å². The largest absolute Gasteiger partial charge is 0.398 e. The number of nitrogen functional groups attached to an aromatic ring is 1. The van der Waals surface area contributed by atoms with Gasteiger partial charge in [0, 0.05) is 31.0 Å². The molecule has 0 atom stereocenters. The number of H-pyrrole nitrogens is 1. The minimum atomic E-state index is 0.516. The fraction of sp³-hybridized carbons (Fsp3) is 0.214. The molecule has 3 aromatic heterocycles. The molecule has 0 bridgehead atoms. The van der Waals surface area contributed by atoms with Crippen molar-refractivity contribution >= 4 is 16.7 Å². The van der Waals surface area contributed by atoms with Crippen LogP contribution in [-0.2, 0) is 13.0 Å². The number of nitrogens with zero attached hydrogens (tertiary/aromatic N) is 4. The van der Waals surface area contributed by atoms with E-state index in [1.807, 2.05) is 6.20 Å². The molecular weight excluding hydrogens is 252 g/mol. The molecular formula is C14H12N6. The molecule has 3 aromatic rings. The third-order valence-corrected chi connectivity index (χ3v) is 3.75. The zero-order valence-corrected chi connectivity index (χ0v) is 10.7. The van der Waals surface area contributed by atoms with Crippen LogP contribution in [0, 0.1) is 11.3 Å². The monoisotopic (exact) mass is 264 g/mol. The summed E-state index contributed by atoms with van der Waals surface area (Å²) in [7, 11) is 0. The van der Waals surface area contributed by atoms with Crippen molar-refractivity contribution in [3.05, 3.63) is 29.8 Å². The van der Waals surface area contributed by atoms with E-state index in [1.54, 1.807) is 12.3 Å². The van der Waals surface area contributed by atoms with Crippen LogP contribution in [0.4, 0.5) is 5.69 Å². The number of imidazole rings is 1. The maximum atomic E-state index is 9.45. The quantitative estimate of drug-likeness (QED) is 0.700. The van der Waals surface area contributed by atoms with E-state index in [1.165, 1.54) is 0 Å². The fourth-order valence-corrected chi connectivity index (χ4v) is 2.82. The first-order valence-electron chi connectivity index (χ1n) is 6.50. The van der Waals surface area contributed by atoms with Gasteiger partial charge in [-0.3, -0.25) is 0 Å². The van der Waals surface area contributed by atoms with Gasteiger partial charge >= 0.3 is 0 Å².